The van der Waals surface area contributed by atoms with Crippen LogP contribution in [0.1, 0.15) is 30.9 Å². The Morgan fingerprint density at radius 2 is 1.92 bits per heavy atom. The highest BCUT2D eigenvalue weighted by Gasteiger charge is 2.29. The fourth-order valence-electron chi connectivity index (χ4n) is 3.26. The first-order valence-corrected chi connectivity index (χ1v) is 9.94. The highest BCUT2D eigenvalue weighted by Crippen LogP contribution is 2.26. The summed E-state index contributed by atoms with van der Waals surface area (Å²) in [6, 6.07) is 5.33. The van der Waals surface area contributed by atoms with E-state index < -0.39 is 10.0 Å². The summed E-state index contributed by atoms with van der Waals surface area (Å²) in [6.07, 6.45) is 2.59. The Labute approximate surface area is 143 Å². The van der Waals surface area contributed by atoms with Crippen LogP contribution in [0.15, 0.2) is 23.1 Å². The van der Waals surface area contributed by atoms with Gasteiger partial charge >= 0.3 is 0 Å². The van der Waals surface area contributed by atoms with Gasteiger partial charge in [0, 0.05) is 32.8 Å². The lowest BCUT2D eigenvalue weighted by Gasteiger charge is -2.29. The topological polar surface area (TPSA) is 66.9 Å². The third kappa shape index (κ3) is 3.48. The van der Waals surface area contributed by atoms with Crippen molar-refractivity contribution >= 4 is 15.9 Å². The molecule has 1 amide bonds. The third-order valence-electron chi connectivity index (χ3n) is 4.68. The van der Waals surface area contributed by atoms with Gasteiger partial charge in [-0.05, 0) is 49.4 Å². The van der Waals surface area contributed by atoms with Crippen molar-refractivity contribution in [3.05, 3.63) is 29.3 Å². The fraction of sp³-hybridized carbons (Fsp3) is 0.588. The summed E-state index contributed by atoms with van der Waals surface area (Å²) in [7, 11) is -3.42. The lowest BCUT2D eigenvalue weighted by molar-refractivity contribution is -0.136. The number of hydrogen-bond donors (Lipinski definition) is 0. The molecule has 0 spiro atoms. The molecule has 1 saturated heterocycles. The normalized spacial score (nSPS) is 18.6. The van der Waals surface area contributed by atoms with Gasteiger partial charge in [0.1, 0.15) is 6.61 Å². The molecule has 0 aliphatic carbocycles. The summed E-state index contributed by atoms with van der Waals surface area (Å²) in [4.78, 5) is 14.2. The molecule has 2 aliphatic heterocycles. The predicted molar refractivity (Wildman–Crippen MR) is 90.0 cm³/mol. The fourth-order valence-corrected chi connectivity index (χ4v) is 4.83. The number of hydrogen-bond acceptors (Lipinski definition) is 4. The molecule has 132 valence electrons. The van der Waals surface area contributed by atoms with Crippen LogP contribution in [0.2, 0.25) is 0 Å². The Bertz CT molecular complexity index is 711. The molecule has 24 heavy (non-hydrogen) atoms. The van der Waals surface area contributed by atoms with Gasteiger partial charge in [0.15, 0.2) is 0 Å². The Kier molecular flexibility index (Phi) is 5.22. The van der Waals surface area contributed by atoms with Gasteiger partial charge in [-0.15, -0.1) is 0 Å². The predicted octanol–water partition coefficient (Wildman–Crippen LogP) is 1.39. The first kappa shape index (κ1) is 17.4. The Morgan fingerprint density at radius 3 is 2.62 bits per heavy atom. The minimum Gasteiger partial charge on any atom is -0.372 e. The van der Waals surface area contributed by atoms with E-state index in [0.717, 1.165) is 30.4 Å². The molecule has 6 nitrogen and oxygen atoms in total. The van der Waals surface area contributed by atoms with Crippen LogP contribution in [0, 0.1) is 0 Å². The van der Waals surface area contributed by atoms with Gasteiger partial charge in [0.2, 0.25) is 15.9 Å². The van der Waals surface area contributed by atoms with Crippen LogP contribution in [0.3, 0.4) is 0 Å². The van der Waals surface area contributed by atoms with E-state index in [1.807, 2.05) is 13.0 Å². The van der Waals surface area contributed by atoms with Crippen LogP contribution in [0.4, 0.5) is 0 Å². The standard InChI is InChI=1S/C17H24N2O4S/c1-2-23-13-17(20)18-10-7-14-5-6-16(11-15(14)12-18)24(21,22)19-8-3-4-9-19/h5-6,11H,2-4,7-10,12-13H2,1H3. The van der Waals surface area contributed by atoms with Crippen LogP contribution in [-0.4, -0.2) is 56.4 Å². The molecule has 0 unspecified atom stereocenters. The molecule has 0 aromatic heterocycles. The van der Waals surface area contributed by atoms with Crippen molar-refractivity contribution in [3.8, 4) is 0 Å². The van der Waals surface area contributed by atoms with Crippen molar-refractivity contribution in [1.82, 2.24) is 9.21 Å². The summed E-state index contributed by atoms with van der Waals surface area (Å²) in [5, 5.41) is 0. The van der Waals surface area contributed by atoms with Crippen LogP contribution < -0.4 is 0 Å². The average molecular weight is 352 g/mol. The first-order valence-electron chi connectivity index (χ1n) is 8.50. The van der Waals surface area contributed by atoms with Gasteiger partial charge in [0.25, 0.3) is 0 Å². The van der Waals surface area contributed by atoms with Gasteiger partial charge in [-0.1, -0.05) is 6.07 Å². The van der Waals surface area contributed by atoms with Gasteiger partial charge in [-0.25, -0.2) is 8.42 Å². The maximum atomic E-state index is 12.7. The molecule has 1 aromatic rings. The molecule has 2 heterocycles. The molecule has 0 saturated carbocycles. The maximum absolute atomic E-state index is 12.7. The SMILES string of the molecule is CCOCC(=O)N1CCc2ccc(S(=O)(=O)N3CCCC3)cc2C1. The molecular formula is C17H24N2O4S. The number of ether oxygens (including phenoxy) is 1. The summed E-state index contributed by atoms with van der Waals surface area (Å²) in [6.45, 7) is 4.73. The van der Waals surface area contributed by atoms with Crippen LogP contribution in [0.5, 0.6) is 0 Å². The molecule has 7 heteroatoms. The van der Waals surface area contributed by atoms with Crippen molar-refractivity contribution in [2.45, 2.75) is 37.6 Å². The largest absolute Gasteiger partial charge is 0.372 e. The molecule has 0 atom stereocenters. The minimum atomic E-state index is -3.42. The second kappa shape index (κ2) is 7.21. The number of benzene rings is 1. The van der Waals surface area contributed by atoms with E-state index in [9.17, 15) is 13.2 Å². The third-order valence-corrected chi connectivity index (χ3v) is 6.57. The zero-order valence-electron chi connectivity index (χ0n) is 14.0. The van der Waals surface area contributed by atoms with E-state index in [1.54, 1.807) is 21.3 Å². The van der Waals surface area contributed by atoms with Crippen LogP contribution in [-0.2, 0) is 32.5 Å². The molecular weight excluding hydrogens is 328 g/mol. The van der Waals surface area contributed by atoms with Crippen molar-refractivity contribution in [2.75, 3.05) is 32.8 Å². The van der Waals surface area contributed by atoms with E-state index >= 15 is 0 Å². The van der Waals surface area contributed by atoms with Crippen molar-refractivity contribution in [1.29, 1.82) is 0 Å². The zero-order valence-corrected chi connectivity index (χ0v) is 14.8. The maximum Gasteiger partial charge on any atom is 0.248 e. The van der Waals surface area contributed by atoms with Crippen molar-refractivity contribution < 1.29 is 17.9 Å². The number of fused-ring (bicyclic) bond motifs is 1. The van der Waals surface area contributed by atoms with Gasteiger partial charge in [0.05, 0.1) is 4.90 Å². The number of carbonyl (C=O) groups is 1. The molecule has 1 aromatic carbocycles. The smallest absolute Gasteiger partial charge is 0.248 e. The van der Waals surface area contributed by atoms with Crippen molar-refractivity contribution in [2.24, 2.45) is 0 Å². The summed E-state index contributed by atoms with van der Waals surface area (Å²) in [5.74, 6) is -0.0460. The van der Waals surface area contributed by atoms with E-state index in [0.29, 0.717) is 37.7 Å². The first-order chi connectivity index (χ1) is 11.5. The number of amides is 1. The monoisotopic (exact) mass is 352 g/mol. The van der Waals surface area contributed by atoms with Crippen LogP contribution in [0.25, 0.3) is 0 Å². The summed E-state index contributed by atoms with van der Waals surface area (Å²) >= 11 is 0. The summed E-state index contributed by atoms with van der Waals surface area (Å²) in [5.41, 5.74) is 2.04. The molecule has 0 bridgehead atoms. The van der Waals surface area contributed by atoms with Gasteiger partial charge in [-0.3, -0.25) is 4.79 Å². The zero-order chi connectivity index (χ0) is 17.2. The molecule has 2 aliphatic rings. The Hall–Kier alpha value is -1.44. The van der Waals surface area contributed by atoms with Crippen molar-refractivity contribution in [3.63, 3.8) is 0 Å². The Morgan fingerprint density at radius 1 is 1.17 bits per heavy atom. The number of rotatable bonds is 5. The van der Waals surface area contributed by atoms with E-state index in [4.69, 9.17) is 4.74 Å². The quantitative estimate of drug-likeness (QED) is 0.803. The van der Waals surface area contributed by atoms with Gasteiger partial charge in [-0.2, -0.15) is 4.31 Å². The Balaban J connectivity index is 1.79. The van der Waals surface area contributed by atoms with Crippen LogP contribution >= 0.6 is 0 Å². The number of carbonyl (C=O) groups excluding carboxylic acids is 1. The lowest BCUT2D eigenvalue weighted by Crippen LogP contribution is -2.38. The minimum absolute atomic E-state index is 0.0460. The molecule has 3 rings (SSSR count). The second-order valence-corrected chi connectivity index (χ2v) is 8.18. The molecule has 1 fully saturated rings. The highest BCUT2D eigenvalue weighted by molar-refractivity contribution is 7.89. The van der Waals surface area contributed by atoms with E-state index in [-0.39, 0.29) is 12.5 Å². The average Bonchev–Trinajstić information content (AvgIpc) is 3.14. The lowest BCUT2D eigenvalue weighted by atomic mass is 10.00. The second-order valence-electron chi connectivity index (χ2n) is 6.24. The highest BCUT2D eigenvalue weighted by atomic mass is 32.2. The number of sulfonamides is 1. The van der Waals surface area contributed by atoms with Gasteiger partial charge < -0.3 is 9.64 Å². The molecule has 0 N–H and O–H groups in total. The van der Waals surface area contributed by atoms with E-state index in [1.165, 1.54) is 0 Å². The molecule has 0 radical (unpaired) electrons. The van der Waals surface area contributed by atoms with E-state index in [2.05, 4.69) is 0 Å². The summed E-state index contributed by atoms with van der Waals surface area (Å²) < 4.78 is 32.1. The number of nitrogens with zero attached hydrogens (tertiary/aromatic N) is 2.